The molecule has 0 aromatic heterocycles. The van der Waals surface area contributed by atoms with Crippen molar-refractivity contribution in [2.75, 3.05) is 6.16 Å². The smallest absolute Gasteiger partial charge is 0.289 e. The van der Waals surface area contributed by atoms with E-state index < -0.39 is 7.37 Å². The lowest BCUT2D eigenvalue weighted by molar-refractivity contribution is 0.495. The van der Waals surface area contributed by atoms with Crippen LogP contribution in [0, 0.1) is 12.3 Å². The van der Waals surface area contributed by atoms with Gasteiger partial charge in [-0.1, -0.05) is 42.3 Å². The predicted octanol–water partition coefficient (Wildman–Crippen LogP) is 3.28. The van der Waals surface area contributed by atoms with Crippen LogP contribution in [0.3, 0.4) is 0 Å². The van der Waals surface area contributed by atoms with Gasteiger partial charge in [-0.3, -0.25) is 4.57 Å². The third-order valence-electron chi connectivity index (χ3n) is 2.99. The Bertz CT molecular complexity index is 698. The second-order valence-corrected chi connectivity index (χ2v) is 6.47. The second kappa shape index (κ2) is 4.05. The van der Waals surface area contributed by atoms with Crippen LogP contribution in [-0.4, -0.2) is 6.16 Å². The van der Waals surface area contributed by atoms with E-state index in [1.165, 1.54) is 0 Å². The Morgan fingerprint density at radius 2 is 1.72 bits per heavy atom. The molecule has 0 N–H and O–H groups in total. The zero-order chi connectivity index (χ0) is 12.6. The van der Waals surface area contributed by atoms with Gasteiger partial charge in [-0.2, -0.15) is 0 Å². The van der Waals surface area contributed by atoms with E-state index in [4.69, 9.17) is 10.9 Å². The van der Waals surface area contributed by atoms with Crippen LogP contribution in [0.5, 0.6) is 5.75 Å². The zero-order valence-electron chi connectivity index (χ0n) is 9.67. The quantitative estimate of drug-likeness (QED) is 0.576. The zero-order valence-corrected chi connectivity index (χ0v) is 10.6. The lowest BCUT2D eigenvalue weighted by Gasteiger charge is -2.27. The maximum Gasteiger partial charge on any atom is 0.289 e. The van der Waals surface area contributed by atoms with Gasteiger partial charge < -0.3 is 4.52 Å². The molecule has 2 aromatic carbocycles. The van der Waals surface area contributed by atoms with Gasteiger partial charge in [0.15, 0.2) is 0 Å². The van der Waals surface area contributed by atoms with E-state index >= 15 is 0 Å². The van der Waals surface area contributed by atoms with Gasteiger partial charge in [-0.15, -0.1) is 6.42 Å². The molecular weight excluding hydrogens is 243 g/mol. The van der Waals surface area contributed by atoms with Crippen LogP contribution >= 0.6 is 7.37 Å². The SMILES string of the molecule is C#CCP1(=O)Oc2ccccc2-c2ccccc21. The van der Waals surface area contributed by atoms with Gasteiger partial charge in [-0.05, 0) is 17.7 Å². The van der Waals surface area contributed by atoms with Gasteiger partial charge in [0, 0.05) is 5.56 Å². The highest BCUT2D eigenvalue weighted by Crippen LogP contribution is 2.53. The summed E-state index contributed by atoms with van der Waals surface area (Å²) < 4.78 is 18.6. The molecule has 0 saturated carbocycles. The maximum atomic E-state index is 12.9. The first-order valence-corrected chi connectivity index (χ1v) is 7.47. The molecule has 0 spiro atoms. The first kappa shape index (κ1) is 11.1. The molecule has 1 aliphatic rings. The highest BCUT2D eigenvalue weighted by Gasteiger charge is 2.34. The summed E-state index contributed by atoms with van der Waals surface area (Å²) in [6.07, 6.45) is 5.44. The minimum absolute atomic E-state index is 0.123. The molecule has 0 fully saturated rings. The summed E-state index contributed by atoms with van der Waals surface area (Å²) in [4.78, 5) is 0. The number of hydrogen-bond acceptors (Lipinski definition) is 2. The fourth-order valence-corrected chi connectivity index (χ4v) is 4.14. The van der Waals surface area contributed by atoms with Crippen molar-refractivity contribution in [3.05, 3.63) is 48.5 Å². The minimum atomic E-state index is -2.97. The van der Waals surface area contributed by atoms with E-state index in [0.29, 0.717) is 5.75 Å². The van der Waals surface area contributed by atoms with E-state index in [-0.39, 0.29) is 6.16 Å². The van der Waals surface area contributed by atoms with Crippen LogP contribution in [0.1, 0.15) is 0 Å². The van der Waals surface area contributed by atoms with Crippen LogP contribution in [-0.2, 0) is 4.57 Å². The summed E-state index contributed by atoms with van der Waals surface area (Å²) in [7, 11) is -2.97. The number of benzene rings is 2. The lowest BCUT2D eigenvalue weighted by atomic mass is 10.0. The molecule has 88 valence electrons. The molecule has 1 unspecified atom stereocenters. The Labute approximate surface area is 106 Å². The standard InChI is InChI=1S/C15H11O2P/c1-2-11-18(16)15-10-6-4-8-13(15)12-7-3-5-9-14(12)17-18/h1,3-10H,11H2. The predicted molar refractivity (Wildman–Crippen MR) is 73.4 cm³/mol. The molecule has 1 heterocycles. The molecule has 18 heavy (non-hydrogen) atoms. The van der Waals surface area contributed by atoms with Crippen LogP contribution in [0.25, 0.3) is 11.1 Å². The fraction of sp³-hybridized carbons (Fsp3) is 0.0667. The highest BCUT2D eigenvalue weighted by molar-refractivity contribution is 7.68. The number of rotatable bonds is 1. The molecular formula is C15H11O2P. The molecule has 3 heteroatoms. The Hall–Kier alpha value is -1.97. The van der Waals surface area contributed by atoms with E-state index in [1.807, 2.05) is 48.5 Å². The Morgan fingerprint density at radius 3 is 2.50 bits per heavy atom. The van der Waals surface area contributed by atoms with Crippen molar-refractivity contribution in [3.8, 4) is 29.2 Å². The highest BCUT2D eigenvalue weighted by atomic mass is 31.2. The van der Waals surface area contributed by atoms with Crippen molar-refractivity contribution in [1.82, 2.24) is 0 Å². The van der Waals surface area contributed by atoms with E-state index in [0.717, 1.165) is 16.4 Å². The Kier molecular flexibility index (Phi) is 2.51. The lowest BCUT2D eigenvalue weighted by Crippen LogP contribution is -2.19. The molecule has 2 nitrogen and oxygen atoms in total. The topological polar surface area (TPSA) is 26.3 Å². The third kappa shape index (κ3) is 1.56. The molecule has 0 saturated heterocycles. The van der Waals surface area contributed by atoms with Gasteiger partial charge in [-0.25, -0.2) is 0 Å². The van der Waals surface area contributed by atoms with Crippen molar-refractivity contribution in [2.24, 2.45) is 0 Å². The van der Waals surface area contributed by atoms with Crippen LogP contribution in [0.4, 0.5) is 0 Å². The van der Waals surface area contributed by atoms with Crippen molar-refractivity contribution < 1.29 is 9.09 Å². The average Bonchev–Trinajstić information content (AvgIpc) is 2.39. The number of terminal acetylenes is 1. The maximum absolute atomic E-state index is 12.9. The van der Waals surface area contributed by atoms with Crippen LogP contribution < -0.4 is 9.83 Å². The van der Waals surface area contributed by atoms with E-state index in [2.05, 4.69) is 5.92 Å². The average molecular weight is 254 g/mol. The summed E-state index contributed by atoms with van der Waals surface area (Å²) in [5.41, 5.74) is 1.93. The molecule has 2 aromatic rings. The first-order chi connectivity index (χ1) is 8.74. The summed E-state index contributed by atoms with van der Waals surface area (Å²) in [5.74, 6) is 3.11. The van der Waals surface area contributed by atoms with Crippen LogP contribution in [0.15, 0.2) is 48.5 Å². The fourth-order valence-electron chi connectivity index (χ4n) is 2.21. The molecule has 1 aliphatic heterocycles. The van der Waals surface area contributed by atoms with Crippen molar-refractivity contribution >= 4 is 12.7 Å². The van der Waals surface area contributed by atoms with Gasteiger partial charge in [0.2, 0.25) is 0 Å². The normalized spacial score (nSPS) is 20.2. The first-order valence-electron chi connectivity index (χ1n) is 5.66. The van der Waals surface area contributed by atoms with Gasteiger partial charge >= 0.3 is 0 Å². The second-order valence-electron chi connectivity index (χ2n) is 4.14. The van der Waals surface area contributed by atoms with E-state index in [9.17, 15) is 4.57 Å². The third-order valence-corrected chi connectivity index (χ3v) is 5.21. The van der Waals surface area contributed by atoms with Crippen LogP contribution in [0.2, 0.25) is 0 Å². The molecule has 0 radical (unpaired) electrons. The van der Waals surface area contributed by atoms with Gasteiger partial charge in [0.25, 0.3) is 7.37 Å². The van der Waals surface area contributed by atoms with Crippen molar-refractivity contribution in [3.63, 3.8) is 0 Å². The van der Waals surface area contributed by atoms with Gasteiger partial charge in [0.1, 0.15) is 11.9 Å². The summed E-state index contributed by atoms with van der Waals surface area (Å²) in [6, 6.07) is 15.2. The Morgan fingerprint density at radius 1 is 1.06 bits per heavy atom. The summed E-state index contributed by atoms with van der Waals surface area (Å²) in [5, 5.41) is 0.724. The van der Waals surface area contributed by atoms with Crippen molar-refractivity contribution in [1.29, 1.82) is 0 Å². The summed E-state index contributed by atoms with van der Waals surface area (Å²) in [6.45, 7) is 0. The number of fused-ring (bicyclic) bond motifs is 3. The van der Waals surface area contributed by atoms with E-state index in [1.54, 1.807) is 0 Å². The molecule has 0 aliphatic carbocycles. The molecule has 0 bridgehead atoms. The molecule has 1 atom stereocenters. The minimum Gasteiger partial charge on any atom is -0.439 e. The number of para-hydroxylation sites is 1. The molecule has 0 amide bonds. The van der Waals surface area contributed by atoms with Crippen molar-refractivity contribution in [2.45, 2.75) is 0 Å². The molecule has 3 rings (SSSR count). The number of hydrogen-bond donors (Lipinski definition) is 0. The Balaban J connectivity index is 2.30. The summed E-state index contributed by atoms with van der Waals surface area (Å²) >= 11 is 0. The largest absolute Gasteiger partial charge is 0.439 e. The monoisotopic (exact) mass is 254 g/mol. The van der Waals surface area contributed by atoms with Gasteiger partial charge in [0.05, 0.1) is 5.30 Å².